The van der Waals surface area contributed by atoms with Crippen LogP contribution in [0.15, 0.2) is 24.3 Å². The molecule has 0 fully saturated rings. The molecular weight excluding hydrogens is 202 g/mol. The van der Waals surface area contributed by atoms with Crippen molar-refractivity contribution in [3.8, 4) is 0 Å². The Hall–Kier alpha value is -1.51. The second-order valence-corrected chi connectivity index (χ2v) is 4.81. The highest BCUT2D eigenvalue weighted by atomic mass is 16.6. The lowest BCUT2D eigenvalue weighted by Gasteiger charge is -2.19. The molecule has 0 aliphatic carbocycles. The molecule has 1 rings (SSSR count). The largest absolute Gasteiger partial charge is 0.459 e. The fraction of sp³-hybridized carbons (Fsp3) is 0.462. The van der Waals surface area contributed by atoms with Gasteiger partial charge >= 0.3 is 5.97 Å². The van der Waals surface area contributed by atoms with Crippen molar-refractivity contribution in [2.24, 2.45) is 0 Å². The van der Waals surface area contributed by atoms with E-state index in [2.05, 4.69) is 5.32 Å². The number of rotatable bonds is 3. The zero-order chi connectivity index (χ0) is 12.2. The molecule has 0 aromatic heterocycles. The van der Waals surface area contributed by atoms with Crippen LogP contribution in [0.25, 0.3) is 0 Å². The van der Waals surface area contributed by atoms with Gasteiger partial charge in [-0.25, -0.2) is 0 Å². The van der Waals surface area contributed by atoms with E-state index in [0.29, 0.717) is 0 Å². The van der Waals surface area contributed by atoms with E-state index in [1.54, 1.807) is 0 Å². The minimum absolute atomic E-state index is 0.195. The van der Waals surface area contributed by atoms with Crippen molar-refractivity contribution >= 4 is 11.7 Å². The van der Waals surface area contributed by atoms with Crippen molar-refractivity contribution in [3.05, 3.63) is 29.8 Å². The Kier molecular flexibility index (Phi) is 3.93. The van der Waals surface area contributed by atoms with Gasteiger partial charge in [-0.05, 0) is 45.4 Å². The molecule has 0 unspecified atom stereocenters. The van der Waals surface area contributed by atoms with E-state index in [4.69, 9.17) is 4.74 Å². The van der Waals surface area contributed by atoms with Gasteiger partial charge < -0.3 is 10.1 Å². The molecule has 0 aliphatic rings. The molecule has 0 heterocycles. The van der Waals surface area contributed by atoms with Crippen LogP contribution in [0.5, 0.6) is 0 Å². The van der Waals surface area contributed by atoms with Crippen molar-refractivity contribution in [1.29, 1.82) is 0 Å². The molecule has 0 saturated carbocycles. The smallest absolute Gasteiger partial charge is 0.325 e. The second-order valence-electron chi connectivity index (χ2n) is 4.81. The van der Waals surface area contributed by atoms with Gasteiger partial charge in [-0.1, -0.05) is 12.1 Å². The first-order chi connectivity index (χ1) is 7.37. The van der Waals surface area contributed by atoms with Crippen LogP contribution >= 0.6 is 0 Å². The summed E-state index contributed by atoms with van der Waals surface area (Å²) in [4.78, 5) is 11.4. The number of ether oxygens (including phenoxy) is 1. The number of hydrogen-bond acceptors (Lipinski definition) is 3. The molecule has 0 aliphatic heterocycles. The van der Waals surface area contributed by atoms with Crippen LogP contribution in [0, 0.1) is 6.92 Å². The molecule has 3 heteroatoms. The van der Waals surface area contributed by atoms with Crippen LogP contribution in [-0.2, 0) is 9.53 Å². The third-order valence-corrected chi connectivity index (χ3v) is 1.87. The minimum atomic E-state index is -0.425. The molecule has 0 bridgehead atoms. The van der Waals surface area contributed by atoms with Crippen molar-refractivity contribution in [3.63, 3.8) is 0 Å². The summed E-state index contributed by atoms with van der Waals surface area (Å²) in [6, 6.07) is 7.88. The number of aryl methyl sites for hydroxylation is 1. The van der Waals surface area contributed by atoms with Crippen molar-refractivity contribution in [2.45, 2.75) is 33.3 Å². The predicted octanol–water partition coefficient (Wildman–Crippen LogP) is 2.75. The van der Waals surface area contributed by atoms with Gasteiger partial charge in [0.1, 0.15) is 12.1 Å². The standard InChI is InChI=1S/C13H19NO2/c1-10-6-5-7-11(8-10)14-9-12(15)16-13(2,3)4/h5-8,14H,9H2,1-4H3. The van der Waals surface area contributed by atoms with Gasteiger partial charge in [0, 0.05) is 5.69 Å². The number of carbonyl (C=O) groups is 1. The van der Waals surface area contributed by atoms with E-state index < -0.39 is 5.60 Å². The molecule has 1 N–H and O–H groups in total. The molecule has 16 heavy (non-hydrogen) atoms. The van der Waals surface area contributed by atoms with E-state index in [1.807, 2.05) is 52.0 Å². The Labute approximate surface area is 96.8 Å². The molecule has 0 radical (unpaired) electrons. The van der Waals surface area contributed by atoms with Gasteiger partial charge in [0.25, 0.3) is 0 Å². The lowest BCUT2D eigenvalue weighted by atomic mass is 10.2. The summed E-state index contributed by atoms with van der Waals surface area (Å²) in [7, 11) is 0. The summed E-state index contributed by atoms with van der Waals surface area (Å²) in [6.07, 6.45) is 0. The summed E-state index contributed by atoms with van der Waals surface area (Å²) in [5.41, 5.74) is 1.67. The first-order valence-electron chi connectivity index (χ1n) is 5.39. The number of carbonyl (C=O) groups excluding carboxylic acids is 1. The predicted molar refractivity (Wildman–Crippen MR) is 65.5 cm³/mol. The van der Waals surface area contributed by atoms with Gasteiger partial charge in [0.05, 0.1) is 0 Å². The zero-order valence-corrected chi connectivity index (χ0v) is 10.3. The van der Waals surface area contributed by atoms with Gasteiger partial charge in [-0.15, -0.1) is 0 Å². The van der Waals surface area contributed by atoms with Gasteiger partial charge in [0.2, 0.25) is 0 Å². The molecule has 3 nitrogen and oxygen atoms in total. The quantitative estimate of drug-likeness (QED) is 0.798. The van der Waals surface area contributed by atoms with E-state index in [-0.39, 0.29) is 12.5 Å². The molecule has 1 aromatic carbocycles. The Morgan fingerprint density at radius 2 is 2.06 bits per heavy atom. The molecule has 0 saturated heterocycles. The Bertz CT molecular complexity index is 366. The van der Waals surface area contributed by atoms with E-state index in [0.717, 1.165) is 11.3 Å². The minimum Gasteiger partial charge on any atom is -0.459 e. The average Bonchev–Trinajstić information content (AvgIpc) is 2.12. The van der Waals surface area contributed by atoms with Crippen LogP contribution in [0.1, 0.15) is 26.3 Å². The number of anilines is 1. The Balaban J connectivity index is 2.43. The van der Waals surface area contributed by atoms with Crippen LogP contribution in [0.4, 0.5) is 5.69 Å². The number of benzene rings is 1. The fourth-order valence-corrected chi connectivity index (χ4v) is 1.31. The van der Waals surface area contributed by atoms with Gasteiger partial charge in [-0.3, -0.25) is 4.79 Å². The maximum absolute atomic E-state index is 11.4. The molecular formula is C13H19NO2. The summed E-state index contributed by atoms with van der Waals surface area (Å²) in [5, 5.41) is 3.03. The monoisotopic (exact) mass is 221 g/mol. The van der Waals surface area contributed by atoms with Crippen molar-refractivity contribution in [2.75, 3.05) is 11.9 Å². The van der Waals surface area contributed by atoms with Crippen LogP contribution in [0.3, 0.4) is 0 Å². The Morgan fingerprint density at radius 1 is 1.38 bits per heavy atom. The van der Waals surface area contributed by atoms with E-state index in [1.165, 1.54) is 0 Å². The highest BCUT2D eigenvalue weighted by Gasteiger charge is 2.15. The zero-order valence-electron chi connectivity index (χ0n) is 10.3. The van der Waals surface area contributed by atoms with Crippen molar-refractivity contribution < 1.29 is 9.53 Å². The lowest BCUT2D eigenvalue weighted by molar-refractivity contribution is -0.152. The third kappa shape index (κ3) is 4.82. The highest BCUT2D eigenvalue weighted by Crippen LogP contribution is 2.10. The average molecular weight is 221 g/mol. The summed E-state index contributed by atoms with van der Waals surface area (Å²) in [5.74, 6) is -0.242. The molecule has 1 aromatic rings. The maximum Gasteiger partial charge on any atom is 0.325 e. The summed E-state index contributed by atoms with van der Waals surface area (Å²) >= 11 is 0. The second kappa shape index (κ2) is 5.01. The SMILES string of the molecule is Cc1cccc(NCC(=O)OC(C)(C)C)c1. The molecule has 88 valence electrons. The summed E-state index contributed by atoms with van der Waals surface area (Å²) < 4.78 is 5.19. The number of nitrogens with one attached hydrogen (secondary N) is 1. The Morgan fingerprint density at radius 3 is 2.62 bits per heavy atom. The van der Waals surface area contributed by atoms with Crippen molar-refractivity contribution in [1.82, 2.24) is 0 Å². The fourth-order valence-electron chi connectivity index (χ4n) is 1.31. The van der Waals surface area contributed by atoms with Crippen LogP contribution in [-0.4, -0.2) is 18.1 Å². The number of hydrogen-bond donors (Lipinski definition) is 1. The van der Waals surface area contributed by atoms with E-state index in [9.17, 15) is 4.79 Å². The maximum atomic E-state index is 11.4. The van der Waals surface area contributed by atoms with Crippen LogP contribution < -0.4 is 5.32 Å². The highest BCUT2D eigenvalue weighted by molar-refractivity contribution is 5.75. The van der Waals surface area contributed by atoms with E-state index >= 15 is 0 Å². The normalized spacial score (nSPS) is 11.0. The molecule has 0 spiro atoms. The first-order valence-corrected chi connectivity index (χ1v) is 5.39. The lowest BCUT2D eigenvalue weighted by Crippen LogP contribution is -2.28. The third-order valence-electron chi connectivity index (χ3n) is 1.87. The topological polar surface area (TPSA) is 38.3 Å². The molecule has 0 amide bonds. The molecule has 0 atom stereocenters. The van der Waals surface area contributed by atoms with Gasteiger partial charge in [0.15, 0.2) is 0 Å². The van der Waals surface area contributed by atoms with Crippen LogP contribution in [0.2, 0.25) is 0 Å². The first kappa shape index (κ1) is 12.6. The number of esters is 1. The van der Waals surface area contributed by atoms with Gasteiger partial charge in [-0.2, -0.15) is 0 Å². The summed E-state index contributed by atoms with van der Waals surface area (Å²) in [6.45, 7) is 7.78.